The van der Waals surface area contributed by atoms with Gasteiger partial charge in [-0.3, -0.25) is 0 Å². The number of rotatable bonds is 3. The van der Waals surface area contributed by atoms with Crippen molar-refractivity contribution in [2.45, 2.75) is 18.7 Å². The largest absolute Gasteiger partial charge is 0.379 e. The SMILES string of the molecule is Cc1ccc(S(=O)(=O)Oc2ccc(F)c(F)c2)cc1C. The first-order valence-electron chi connectivity index (χ1n) is 5.76. The van der Waals surface area contributed by atoms with E-state index >= 15 is 0 Å². The zero-order valence-corrected chi connectivity index (χ0v) is 11.7. The minimum Gasteiger partial charge on any atom is -0.379 e. The summed E-state index contributed by atoms with van der Waals surface area (Å²) in [6.45, 7) is 3.62. The van der Waals surface area contributed by atoms with Gasteiger partial charge in [-0.15, -0.1) is 0 Å². The van der Waals surface area contributed by atoms with E-state index in [9.17, 15) is 17.2 Å². The van der Waals surface area contributed by atoms with Gasteiger partial charge < -0.3 is 4.18 Å². The fraction of sp³-hybridized carbons (Fsp3) is 0.143. The van der Waals surface area contributed by atoms with E-state index in [2.05, 4.69) is 0 Å². The van der Waals surface area contributed by atoms with Crippen LogP contribution in [0, 0.1) is 25.5 Å². The number of hydrogen-bond donors (Lipinski definition) is 0. The van der Waals surface area contributed by atoms with Gasteiger partial charge in [0.2, 0.25) is 0 Å². The molecule has 0 unspecified atom stereocenters. The van der Waals surface area contributed by atoms with Gasteiger partial charge in [0, 0.05) is 6.07 Å². The molecule has 0 aliphatic rings. The van der Waals surface area contributed by atoms with Crippen LogP contribution in [0.1, 0.15) is 11.1 Å². The van der Waals surface area contributed by atoms with E-state index in [1.807, 2.05) is 6.92 Å². The third-order valence-electron chi connectivity index (χ3n) is 2.86. The number of aryl methyl sites for hydroxylation is 2. The topological polar surface area (TPSA) is 43.4 Å². The monoisotopic (exact) mass is 298 g/mol. The molecule has 2 aromatic carbocycles. The standard InChI is InChI=1S/C14H12F2O3S/c1-9-3-5-12(7-10(9)2)20(17,18)19-11-4-6-13(15)14(16)8-11/h3-8H,1-2H3. The summed E-state index contributed by atoms with van der Waals surface area (Å²) in [5, 5.41) is 0. The van der Waals surface area contributed by atoms with E-state index in [-0.39, 0.29) is 10.6 Å². The van der Waals surface area contributed by atoms with Gasteiger partial charge in [-0.1, -0.05) is 6.07 Å². The van der Waals surface area contributed by atoms with E-state index in [0.717, 1.165) is 23.3 Å². The molecule has 0 aliphatic heterocycles. The summed E-state index contributed by atoms with van der Waals surface area (Å²) < 4.78 is 54.6. The second-order valence-electron chi connectivity index (χ2n) is 4.36. The molecular formula is C14H12F2O3S. The maximum absolute atomic E-state index is 13.0. The molecule has 0 saturated heterocycles. The van der Waals surface area contributed by atoms with Crippen LogP contribution < -0.4 is 4.18 Å². The van der Waals surface area contributed by atoms with Gasteiger partial charge >= 0.3 is 10.1 Å². The lowest BCUT2D eigenvalue weighted by atomic mass is 10.1. The van der Waals surface area contributed by atoms with Crippen LogP contribution in [0.15, 0.2) is 41.3 Å². The minimum absolute atomic E-state index is 0.0367. The normalized spacial score (nSPS) is 11.4. The molecule has 0 atom stereocenters. The first-order chi connectivity index (χ1) is 9.29. The lowest BCUT2D eigenvalue weighted by molar-refractivity contribution is 0.472. The van der Waals surface area contributed by atoms with E-state index in [4.69, 9.17) is 4.18 Å². The molecule has 0 fully saturated rings. The second kappa shape index (κ2) is 5.20. The van der Waals surface area contributed by atoms with E-state index in [0.29, 0.717) is 6.07 Å². The van der Waals surface area contributed by atoms with E-state index in [1.54, 1.807) is 13.0 Å². The molecule has 20 heavy (non-hydrogen) atoms. The molecule has 0 saturated carbocycles. The van der Waals surface area contributed by atoms with Crippen LogP contribution in [-0.4, -0.2) is 8.42 Å². The van der Waals surface area contributed by atoms with Crippen LogP contribution in [0.3, 0.4) is 0 Å². The highest BCUT2D eigenvalue weighted by molar-refractivity contribution is 7.87. The summed E-state index contributed by atoms with van der Waals surface area (Å²) in [5.41, 5.74) is 1.73. The minimum atomic E-state index is -4.07. The number of hydrogen-bond acceptors (Lipinski definition) is 3. The van der Waals surface area contributed by atoms with E-state index in [1.165, 1.54) is 12.1 Å². The Morgan fingerprint density at radius 1 is 0.900 bits per heavy atom. The van der Waals surface area contributed by atoms with Crippen LogP contribution in [-0.2, 0) is 10.1 Å². The van der Waals surface area contributed by atoms with Gasteiger partial charge in [-0.05, 0) is 49.2 Å². The zero-order chi connectivity index (χ0) is 14.9. The predicted molar refractivity (Wildman–Crippen MR) is 70.1 cm³/mol. The predicted octanol–water partition coefficient (Wildman–Crippen LogP) is 3.35. The summed E-state index contributed by atoms with van der Waals surface area (Å²) in [6.07, 6.45) is 0. The van der Waals surface area contributed by atoms with E-state index < -0.39 is 21.8 Å². The number of halogens is 2. The lowest BCUT2D eigenvalue weighted by Crippen LogP contribution is -2.10. The molecule has 2 aromatic rings. The summed E-state index contributed by atoms with van der Waals surface area (Å²) in [6, 6.07) is 7.06. The molecule has 2 rings (SSSR count). The second-order valence-corrected chi connectivity index (χ2v) is 5.91. The van der Waals surface area contributed by atoms with Crippen LogP contribution in [0.4, 0.5) is 8.78 Å². The lowest BCUT2D eigenvalue weighted by Gasteiger charge is -2.09. The first kappa shape index (κ1) is 14.5. The summed E-state index contributed by atoms with van der Waals surface area (Å²) in [7, 11) is -4.07. The summed E-state index contributed by atoms with van der Waals surface area (Å²) in [5.74, 6) is -2.51. The highest BCUT2D eigenvalue weighted by Gasteiger charge is 2.18. The average Bonchev–Trinajstić information content (AvgIpc) is 2.37. The molecule has 106 valence electrons. The fourth-order valence-electron chi connectivity index (χ4n) is 1.57. The van der Waals surface area contributed by atoms with Crippen molar-refractivity contribution < 1.29 is 21.4 Å². The Kier molecular flexibility index (Phi) is 3.76. The van der Waals surface area contributed by atoms with Crippen molar-refractivity contribution >= 4 is 10.1 Å². The molecule has 0 heterocycles. The molecule has 0 radical (unpaired) electrons. The highest BCUT2D eigenvalue weighted by Crippen LogP contribution is 2.22. The van der Waals surface area contributed by atoms with Gasteiger partial charge in [-0.2, -0.15) is 8.42 Å². The Hall–Kier alpha value is -1.95. The van der Waals surface area contributed by atoms with Crippen molar-refractivity contribution in [2.75, 3.05) is 0 Å². The molecule has 6 heteroatoms. The molecule has 0 bridgehead atoms. The number of benzene rings is 2. The molecule has 0 aromatic heterocycles. The van der Waals surface area contributed by atoms with Gasteiger partial charge in [0.15, 0.2) is 11.6 Å². The Labute approximate surface area is 115 Å². The van der Waals surface area contributed by atoms with Crippen LogP contribution in [0.5, 0.6) is 5.75 Å². The average molecular weight is 298 g/mol. The summed E-state index contributed by atoms with van der Waals surface area (Å²) in [4.78, 5) is -0.0367. The molecule has 0 N–H and O–H groups in total. The first-order valence-corrected chi connectivity index (χ1v) is 7.17. The fourth-order valence-corrected chi connectivity index (χ4v) is 2.58. The van der Waals surface area contributed by atoms with Gasteiger partial charge in [0.05, 0.1) is 0 Å². The van der Waals surface area contributed by atoms with Crippen molar-refractivity contribution in [3.8, 4) is 5.75 Å². The molecule has 0 aliphatic carbocycles. The molecule has 0 spiro atoms. The Morgan fingerprint density at radius 2 is 1.60 bits per heavy atom. The Balaban J connectivity index is 2.35. The zero-order valence-electron chi connectivity index (χ0n) is 10.9. The Morgan fingerprint density at radius 3 is 2.20 bits per heavy atom. The third kappa shape index (κ3) is 2.96. The van der Waals surface area contributed by atoms with Crippen molar-refractivity contribution in [3.63, 3.8) is 0 Å². The van der Waals surface area contributed by atoms with Gasteiger partial charge in [0.25, 0.3) is 0 Å². The maximum atomic E-state index is 13.0. The smallest absolute Gasteiger partial charge is 0.339 e. The summed E-state index contributed by atoms with van der Waals surface area (Å²) >= 11 is 0. The maximum Gasteiger partial charge on any atom is 0.339 e. The Bertz CT molecular complexity index is 755. The highest BCUT2D eigenvalue weighted by atomic mass is 32.2. The molecule has 0 amide bonds. The van der Waals surface area contributed by atoms with Gasteiger partial charge in [-0.25, -0.2) is 8.78 Å². The molecular weight excluding hydrogens is 286 g/mol. The van der Waals surface area contributed by atoms with Crippen molar-refractivity contribution in [1.82, 2.24) is 0 Å². The van der Waals surface area contributed by atoms with Crippen LogP contribution >= 0.6 is 0 Å². The van der Waals surface area contributed by atoms with Crippen molar-refractivity contribution in [2.24, 2.45) is 0 Å². The van der Waals surface area contributed by atoms with Crippen molar-refractivity contribution in [1.29, 1.82) is 0 Å². The van der Waals surface area contributed by atoms with Crippen molar-refractivity contribution in [3.05, 3.63) is 59.2 Å². The quantitative estimate of drug-likeness (QED) is 0.816. The van der Waals surface area contributed by atoms with Crippen LogP contribution in [0.25, 0.3) is 0 Å². The third-order valence-corrected chi connectivity index (χ3v) is 4.11. The van der Waals surface area contributed by atoms with Crippen LogP contribution in [0.2, 0.25) is 0 Å². The van der Waals surface area contributed by atoms with Gasteiger partial charge in [0.1, 0.15) is 10.6 Å². The molecule has 3 nitrogen and oxygen atoms in total.